The van der Waals surface area contributed by atoms with Gasteiger partial charge in [-0.2, -0.15) is 13.2 Å². The van der Waals surface area contributed by atoms with Gasteiger partial charge in [0.15, 0.2) is 5.69 Å². The van der Waals surface area contributed by atoms with E-state index in [0.717, 1.165) is 17.2 Å². The maximum absolute atomic E-state index is 13.7. The topological polar surface area (TPSA) is 49.6 Å². The van der Waals surface area contributed by atoms with Crippen molar-refractivity contribution < 1.29 is 22.4 Å². The van der Waals surface area contributed by atoms with Gasteiger partial charge in [0.05, 0.1) is 12.1 Å². The highest BCUT2D eigenvalue weighted by atomic mass is 19.4. The number of carbonyl (C=O) groups is 1. The summed E-state index contributed by atoms with van der Waals surface area (Å²) in [4.78, 5) is 20.7. The number of oxazole rings is 1. The second-order valence-corrected chi connectivity index (χ2v) is 8.92. The van der Waals surface area contributed by atoms with Crippen LogP contribution in [0.3, 0.4) is 0 Å². The Kier molecular flexibility index (Phi) is 8.08. The summed E-state index contributed by atoms with van der Waals surface area (Å²) in [5.41, 5.74) is 1.55. The lowest BCUT2D eigenvalue weighted by atomic mass is 10.0. The smallest absolute Gasteiger partial charge is 0.416 e. The highest BCUT2D eigenvalue weighted by Gasteiger charge is 2.34. The van der Waals surface area contributed by atoms with E-state index in [4.69, 9.17) is 4.42 Å². The number of benzene rings is 3. The van der Waals surface area contributed by atoms with Crippen LogP contribution < -0.4 is 0 Å². The highest BCUT2D eigenvalue weighted by molar-refractivity contribution is 5.91. The first-order valence-corrected chi connectivity index (χ1v) is 11.9. The first-order valence-electron chi connectivity index (χ1n) is 11.9. The van der Waals surface area contributed by atoms with E-state index in [9.17, 15) is 18.0 Å². The molecule has 1 amide bonds. The summed E-state index contributed by atoms with van der Waals surface area (Å²) in [5.74, 6) is -0.0485. The molecule has 0 fully saturated rings. The summed E-state index contributed by atoms with van der Waals surface area (Å²) in [6, 6.07) is 24.4. The summed E-state index contributed by atoms with van der Waals surface area (Å²) < 4.78 is 46.7. The van der Waals surface area contributed by atoms with Crippen molar-refractivity contribution in [1.82, 2.24) is 14.8 Å². The Morgan fingerprint density at radius 2 is 1.51 bits per heavy atom. The van der Waals surface area contributed by atoms with Gasteiger partial charge < -0.3 is 9.32 Å². The molecule has 0 aliphatic carbocycles. The molecule has 1 heterocycles. The number of hydrogen-bond acceptors (Lipinski definition) is 4. The Labute approximate surface area is 214 Å². The normalized spacial score (nSPS) is 12.5. The predicted molar refractivity (Wildman–Crippen MR) is 134 cm³/mol. The Morgan fingerprint density at radius 1 is 0.892 bits per heavy atom. The zero-order valence-electron chi connectivity index (χ0n) is 20.7. The maximum atomic E-state index is 13.7. The molecule has 0 aliphatic rings. The van der Waals surface area contributed by atoms with Crippen LogP contribution in [0.2, 0.25) is 0 Å². The molecule has 1 atom stereocenters. The van der Waals surface area contributed by atoms with Crippen molar-refractivity contribution in [3.8, 4) is 0 Å². The third kappa shape index (κ3) is 6.65. The van der Waals surface area contributed by atoms with Crippen molar-refractivity contribution in [1.29, 1.82) is 0 Å². The lowest BCUT2D eigenvalue weighted by Crippen LogP contribution is -2.28. The molecule has 1 aromatic heterocycles. The number of aromatic nitrogens is 1. The van der Waals surface area contributed by atoms with Gasteiger partial charge in [-0.1, -0.05) is 78.9 Å². The fourth-order valence-electron chi connectivity index (χ4n) is 4.21. The number of halogens is 3. The number of nitrogens with zero attached hydrogens (tertiary/aromatic N) is 3. The minimum atomic E-state index is -4.47. The molecule has 3 aromatic carbocycles. The third-order valence-electron chi connectivity index (χ3n) is 6.24. The van der Waals surface area contributed by atoms with Crippen LogP contribution in [0, 0.1) is 0 Å². The fraction of sp³-hybridized carbons (Fsp3) is 0.241. The van der Waals surface area contributed by atoms with E-state index < -0.39 is 11.7 Å². The molecular formula is C29H28F3N3O2. The third-order valence-corrected chi connectivity index (χ3v) is 6.24. The molecule has 5 nitrogen and oxygen atoms in total. The molecule has 0 aliphatic heterocycles. The van der Waals surface area contributed by atoms with E-state index in [2.05, 4.69) is 4.98 Å². The molecule has 4 rings (SSSR count). The number of hydrogen-bond donors (Lipinski definition) is 0. The molecule has 0 bridgehead atoms. The molecule has 4 aromatic rings. The Hall–Kier alpha value is -3.91. The second kappa shape index (κ2) is 11.4. The van der Waals surface area contributed by atoms with Crippen LogP contribution >= 0.6 is 0 Å². The average molecular weight is 508 g/mol. The molecule has 0 spiro atoms. The van der Waals surface area contributed by atoms with E-state index >= 15 is 0 Å². The van der Waals surface area contributed by atoms with Crippen molar-refractivity contribution in [3.63, 3.8) is 0 Å². The van der Waals surface area contributed by atoms with E-state index in [1.807, 2.05) is 72.5 Å². The summed E-state index contributed by atoms with van der Waals surface area (Å²) in [7, 11) is 1.68. The van der Waals surface area contributed by atoms with Crippen LogP contribution in [0.5, 0.6) is 0 Å². The van der Waals surface area contributed by atoms with E-state index in [1.165, 1.54) is 18.4 Å². The number of amides is 1. The van der Waals surface area contributed by atoms with Crippen LogP contribution in [-0.4, -0.2) is 27.7 Å². The van der Waals surface area contributed by atoms with Crippen molar-refractivity contribution >= 4 is 5.91 Å². The van der Waals surface area contributed by atoms with Crippen LogP contribution in [0.1, 0.15) is 51.6 Å². The maximum Gasteiger partial charge on any atom is 0.416 e. The van der Waals surface area contributed by atoms with Gasteiger partial charge in [-0.05, 0) is 29.7 Å². The SMILES string of the molecule is C[C@@H](c1ccccc1)N(Cc1nc(C(=O)N(C)Cc2ccccc2)co1)Cc1ccccc1C(F)(F)F. The Morgan fingerprint density at radius 3 is 2.19 bits per heavy atom. The largest absolute Gasteiger partial charge is 0.447 e. The molecule has 0 N–H and O–H groups in total. The van der Waals surface area contributed by atoms with Crippen LogP contribution in [0.4, 0.5) is 13.2 Å². The van der Waals surface area contributed by atoms with Crippen molar-refractivity contribution in [2.75, 3.05) is 7.05 Å². The molecule has 8 heteroatoms. The first kappa shape index (κ1) is 26.2. The molecule has 37 heavy (non-hydrogen) atoms. The number of alkyl halides is 3. The minimum absolute atomic E-state index is 0.0192. The molecule has 0 saturated carbocycles. The van der Waals surface area contributed by atoms with E-state index in [0.29, 0.717) is 6.54 Å². The van der Waals surface area contributed by atoms with Crippen molar-refractivity contribution in [3.05, 3.63) is 125 Å². The quantitative estimate of drug-likeness (QED) is 0.252. The van der Waals surface area contributed by atoms with Gasteiger partial charge in [0.2, 0.25) is 5.89 Å². The molecule has 0 radical (unpaired) electrons. The monoisotopic (exact) mass is 507 g/mol. The minimum Gasteiger partial charge on any atom is -0.447 e. The van der Waals surface area contributed by atoms with Crippen LogP contribution in [-0.2, 0) is 25.8 Å². The molecular weight excluding hydrogens is 479 g/mol. The van der Waals surface area contributed by atoms with Gasteiger partial charge in [-0.25, -0.2) is 4.98 Å². The lowest BCUT2D eigenvalue weighted by molar-refractivity contribution is -0.138. The Bertz CT molecular complexity index is 1310. The van der Waals surface area contributed by atoms with Crippen LogP contribution in [0.25, 0.3) is 0 Å². The summed E-state index contributed by atoms with van der Waals surface area (Å²) in [5, 5.41) is 0. The zero-order chi connectivity index (χ0) is 26.4. The number of rotatable bonds is 9. The summed E-state index contributed by atoms with van der Waals surface area (Å²) >= 11 is 0. The Balaban J connectivity index is 1.56. The molecule has 0 saturated heterocycles. The molecule has 0 unspecified atom stereocenters. The van der Waals surface area contributed by atoms with Gasteiger partial charge >= 0.3 is 6.18 Å². The average Bonchev–Trinajstić information content (AvgIpc) is 3.36. The zero-order valence-corrected chi connectivity index (χ0v) is 20.7. The van der Waals surface area contributed by atoms with Crippen molar-refractivity contribution in [2.24, 2.45) is 0 Å². The van der Waals surface area contributed by atoms with E-state index in [-0.39, 0.29) is 42.2 Å². The van der Waals surface area contributed by atoms with Gasteiger partial charge in [-0.15, -0.1) is 0 Å². The van der Waals surface area contributed by atoms with E-state index in [1.54, 1.807) is 18.0 Å². The van der Waals surface area contributed by atoms with Gasteiger partial charge in [-0.3, -0.25) is 9.69 Å². The first-order chi connectivity index (χ1) is 17.7. The summed E-state index contributed by atoms with van der Waals surface area (Å²) in [6.45, 7) is 2.48. The highest BCUT2D eigenvalue weighted by Crippen LogP contribution is 2.34. The second-order valence-electron chi connectivity index (χ2n) is 8.92. The standard InChI is InChI=1S/C29H28F3N3O2/c1-21(23-13-7-4-8-14-23)35(18-24-15-9-10-16-25(24)29(30,31)32)19-27-33-26(20-37-27)28(36)34(2)17-22-11-5-3-6-12-22/h3-16,20-21H,17-19H2,1-2H3/t21-/m0/s1. The van der Waals surface area contributed by atoms with Gasteiger partial charge in [0.25, 0.3) is 5.91 Å². The van der Waals surface area contributed by atoms with Crippen molar-refractivity contribution in [2.45, 2.75) is 38.8 Å². The van der Waals surface area contributed by atoms with Gasteiger partial charge in [0, 0.05) is 26.2 Å². The fourth-order valence-corrected chi connectivity index (χ4v) is 4.21. The van der Waals surface area contributed by atoms with Gasteiger partial charge in [0.1, 0.15) is 6.26 Å². The molecule has 192 valence electrons. The number of carbonyl (C=O) groups excluding carboxylic acids is 1. The predicted octanol–water partition coefficient (Wildman–Crippen LogP) is 6.73. The van der Waals surface area contributed by atoms with Crippen LogP contribution in [0.15, 0.2) is 95.6 Å². The summed E-state index contributed by atoms with van der Waals surface area (Å²) in [6.07, 6.45) is -3.17. The lowest BCUT2D eigenvalue weighted by Gasteiger charge is -2.29.